The summed E-state index contributed by atoms with van der Waals surface area (Å²) in [6.45, 7) is 12.6. The molecule has 2 saturated heterocycles. The van der Waals surface area contributed by atoms with Crippen molar-refractivity contribution in [2.75, 3.05) is 39.3 Å². The van der Waals surface area contributed by atoms with Crippen LogP contribution < -0.4 is 5.32 Å². The van der Waals surface area contributed by atoms with Crippen LogP contribution in [0, 0.1) is 5.41 Å². The Morgan fingerprint density at radius 1 is 0.842 bits per heavy atom. The highest BCUT2D eigenvalue weighted by Gasteiger charge is 2.32. The molecule has 19 heavy (non-hydrogen) atoms. The summed E-state index contributed by atoms with van der Waals surface area (Å²) in [5.74, 6) is 0. The summed E-state index contributed by atoms with van der Waals surface area (Å²) in [6.07, 6.45) is 7.15. The van der Waals surface area contributed by atoms with Crippen LogP contribution in [0.3, 0.4) is 0 Å². The zero-order chi connectivity index (χ0) is 13.3. The Hall–Kier alpha value is -0.120. The van der Waals surface area contributed by atoms with E-state index in [0.717, 1.165) is 12.1 Å². The molecule has 1 N–H and O–H groups in total. The summed E-state index contributed by atoms with van der Waals surface area (Å²) >= 11 is 0. The van der Waals surface area contributed by atoms with Crippen LogP contribution in [-0.2, 0) is 0 Å². The molecule has 0 bridgehead atoms. The lowest BCUT2D eigenvalue weighted by molar-refractivity contribution is 0.0471. The van der Waals surface area contributed by atoms with Crippen molar-refractivity contribution in [3.8, 4) is 0 Å². The van der Waals surface area contributed by atoms with Gasteiger partial charge in [-0.1, -0.05) is 20.3 Å². The monoisotopic (exact) mass is 265 g/mol. The molecule has 3 rings (SSSR count). The molecular formula is C16H31N3. The van der Waals surface area contributed by atoms with Crippen molar-refractivity contribution < 1.29 is 0 Å². The number of piperazine rings is 1. The molecular weight excluding hydrogens is 234 g/mol. The Bertz CT molecular complexity index is 290. The van der Waals surface area contributed by atoms with Gasteiger partial charge in [0.05, 0.1) is 0 Å². The summed E-state index contributed by atoms with van der Waals surface area (Å²) in [7, 11) is 0. The quantitative estimate of drug-likeness (QED) is 0.770. The predicted octanol–water partition coefficient (Wildman–Crippen LogP) is 1.93. The summed E-state index contributed by atoms with van der Waals surface area (Å²) in [5, 5.41) is 3.40. The molecule has 0 amide bonds. The topological polar surface area (TPSA) is 18.5 Å². The van der Waals surface area contributed by atoms with E-state index in [0.29, 0.717) is 5.41 Å². The van der Waals surface area contributed by atoms with Gasteiger partial charge in [-0.3, -0.25) is 9.80 Å². The van der Waals surface area contributed by atoms with Gasteiger partial charge in [-0.2, -0.15) is 0 Å². The molecule has 0 aromatic heterocycles. The largest absolute Gasteiger partial charge is 0.314 e. The number of nitrogens with one attached hydrogen (secondary N) is 1. The van der Waals surface area contributed by atoms with Crippen molar-refractivity contribution in [1.82, 2.24) is 15.1 Å². The fourth-order valence-electron chi connectivity index (χ4n) is 4.01. The van der Waals surface area contributed by atoms with Gasteiger partial charge in [0.2, 0.25) is 0 Å². The highest BCUT2D eigenvalue weighted by atomic mass is 15.3. The molecule has 3 nitrogen and oxygen atoms in total. The van der Waals surface area contributed by atoms with Gasteiger partial charge in [0.15, 0.2) is 0 Å². The third-order valence-corrected chi connectivity index (χ3v) is 5.69. The number of hydrogen-bond acceptors (Lipinski definition) is 3. The Morgan fingerprint density at radius 3 is 2.05 bits per heavy atom. The van der Waals surface area contributed by atoms with Crippen LogP contribution in [-0.4, -0.2) is 61.2 Å². The molecule has 1 aliphatic carbocycles. The van der Waals surface area contributed by atoms with Crippen LogP contribution in [0.5, 0.6) is 0 Å². The molecule has 3 fully saturated rings. The van der Waals surface area contributed by atoms with E-state index >= 15 is 0 Å². The van der Waals surface area contributed by atoms with E-state index in [1.807, 2.05) is 0 Å². The first-order valence-corrected chi connectivity index (χ1v) is 8.33. The van der Waals surface area contributed by atoms with Crippen molar-refractivity contribution in [3.05, 3.63) is 0 Å². The van der Waals surface area contributed by atoms with Gasteiger partial charge in [-0.05, 0) is 31.1 Å². The average Bonchev–Trinajstić information content (AvgIpc) is 2.49. The van der Waals surface area contributed by atoms with E-state index in [-0.39, 0.29) is 0 Å². The van der Waals surface area contributed by atoms with Crippen molar-refractivity contribution in [2.24, 2.45) is 5.41 Å². The molecule has 0 aromatic rings. The van der Waals surface area contributed by atoms with Crippen LogP contribution in [0.4, 0.5) is 0 Å². The van der Waals surface area contributed by atoms with Crippen molar-refractivity contribution in [2.45, 2.75) is 58.0 Å². The molecule has 3 heteroatoms. The lowest BCUT2D eigenvalue weighted by Gasteiger charge is -2.45. The molecule has 2 heterocycles. The van der Waals surface area contributed by atoms with Crippen molar-refractivity contribution >= 4 is 0 Å². The van der Waals surface area contributed by atoms with E-state index in [9.17, 15) is 0 Å². The molecule has 2 aliphatic heterocycles. The number of rotatable bonds is 2. The second-order valence-electron chi connectivity index (χ2n) is 7.63. The van der Waals surface area contributed by atoms with Gasteiger partial charge >= 0.3 is 0 Å². The molecule has 110 valence electrons. The first-order chi connectivity index (χ1) is 9.14. The Kier molecular flexibility index (Phi) is 4.16. The van der Waals surface area contributed by atoms with Gasteiger partial charge in [-0.15, -0.1) is 0 Å². The molecule has 0 radical (unpaired) electrons. The predicted molar refractivity (Wildman–Crippen MR) is 80.5 cm³/mol. The lowest BCUT2D eigenvalue weighted by atomic mass is 9.85. The minimum absolute atomic E-state index is 0.591. The standard InChI is InChI=1S/C16H31N3/c1-16(2)6-3-4-14(5-7-16)18-8-10-19(11-9-18)15-12-17-13-15/h14-15,17H,3-13H2,1-2H3. The normalized spacial score (nSPS) is 34.7. The second-order valence-corrected chi connectivity index (χ2v) is 7.63. The summed E-state index contributed by atoms with van der Waals surface area (Å²) in [6, 6.07) is 1.72. The van der Waals surface area contributed by atoms with E-state index in [1.165, 1.54) is 71.4 Å². The second kappa shape index (κ2) is 5.71. The highest BCUT2D eigenvalue weighted by molar-refractivity contribution is 4.89. The molecule has 1 saturated carbocycles. The number of hydrogen-bond donors (Lipinski definition) is 1. The zero-order valence-electron chi connectivity index (χ0n) is 12.8. The van der Waals surface area contributed by atoms with E-state index < -0.39 is 0 Å². The molecule has 0 aromatic carbocycles. The third kappa shape index (κ3) is 3.32. The molecule has 1 unspecified atom stereocenters. The minimum atomic E-state index is 0.591. The van der Waals surface area contributed by atoms with Crippen molar-refractivity contribution in [1.29, 1.82) is 0 Å². The number of nitrogens with zero attached hydrogens (tertiary/aromatic N) is 2. The Morgan fingerprint density at radius 2 is 1.47 bits per heavy atom. The van der Waals surface area contributed by atoms with Gasteiger partial charge in [0.1, 0.15) is 0 Å². The van der Waals surface area contributed by atoms with Gasteiger partial charge in [-0.25, -0.2) is 0 Å². The van der Waals surface area contributed by atoms with Gasteiger partial charge in [0, 0.05) is 51.4 Å². The maximum absolute atomic E-state index is 3.40. The highest BCUT2D eigenvalue weighted by Crippen LogP contribution is 2.35. The van der Waals surface area contributed by atoms with Crippen molar-refractivity contribution in [3.63, 3.8) is 0 Å². The minimum Gasteiger partial charge on any atom is -0.314 e. The van der Waals surface area contributed by atoms with E-state index in [2.05, 4.69) is 29.0 Å². The first kappa shape index (κ1) is 13.8. The maximum atomic E-state index is 3.40. The van der Waals surface area contributed by atoms with Crippen LogP contribution in [0.15, 0.2) is 0 Å². The molecule has 3 aliphatic rings. The summed E-state index contributed by atoms with van der Waals surface area (Å²) in [5.41, 5.74) is 0.591. The van der Waals surface area contributed by atoms with E-state index in [1.54, 1.807) is 0 Å². The Labute approximate surface area is 118 Å². The summed E-state index contributed by atoms with van der Waals surface area (Å²) < 4.78 is 0. The average molecular weight is 265 g/mol. The smallest absolute Gasteiger partial charge is 0.0346 e. The fourth-order valence-corrected chi connectivity index (χ4v) is 4.01. The third-order valence-electron chi connectivity index (χ3n) is 5.69. The summed E-state index contributed by atoms with van der Waals surface area (Å²) in [4.78, 5) is 5.50. The van der Waals surface area contributed by atoms with Gasteiger partial charge in [0.25, 0.3) is 0 Å². The van der Waals surface area contributed by atoms with Crippen LogP contribution in [0.25, 0.3) is 0 Å². The Balaban J connectivity index is 1.47. The first-order valence-electron chi connectivity index (χ1n) is 8.33. The van der Waals surface area contributed by atoms with Crippen LogP contribution >= 0.6 is 0 Å². The van der Waals surface area contributed by atoms with E-state index in [4.69, 9.17) is 0 Å². The van der Waals surface area contributed by atoms with Gasteiger partial charge < -0.3 is 5.32 Å². The SMILES string of the molecule is CC1(C)CCCC(N2CCN(C3CNC3)CC2)CC1. The fraction of sp³-hybridized carbons (Fsp3) is 1.00. The van der Waals surface area contributed by atoms with Crippen LogP contribution in [0.1, 0.15) is 46.0 Å². The lowest BCUT2D eigenvalue weighted by Crippen LogP contribution is -2.62. The molecule has 0 spiro atoms. The molecule has 1 atom stereocenters. The zero-order valence-corrected chi connectivity index (χ0v) is 12.8. The maximum Gasteiger partial charge on any atom is 0.0346 e. The van der Waals surface area contributed by atoms with Crippen LogP contribution in [0.2, 0.25) is 0 Å².